The summed E-state index contributed by atoms with van der Waals surface area (Å²) in [4.78, 5) is 31.4. The molecule has 1 saturated carbocycles. The summed E-state index contributed by atoms with van der Waals surface area (Å²) in [5, 5.41) is 13.5. The van der Waals surface area contributed by atoms with E-state index in [1.165, 1.54) is 32.1 Å². The van der Waals surface area contributed by atoms with Crippen LogP contribution >= 0.6 is 0 Å². The lowest BCUT2D eigenvalue weighted by molar-refractivity contribution is -0.162. The third kappa shape index (κ3) is 5.19. The van der Waals surface area contributed by atoms with Crippen molar-refractivity contribution in [2.45, 2.75) is 89.3 Å². The van der Waals surface area contributed by atoms with Crippen molar-refractivity contribution in [3.8, 4) is 11.5 Å². The molecule has 3 fully saturated rings. The lowest BCUT2D eigenvalue weighted by Gasteiger charge is -2.52. The molecule has 2 amide bonds. The van der Waals surface area contributed by atoms with E-state index in [9.17, 15) is 14.7 Å². The molecular weight excluding hydrogens is 430 g/mol. The average Bonchev–Trinajstić information content (AvgIpc) is 2.85. The third-order valence-corrected chi connectivity index (χ3v) is 8.21. The summed E-state index contributed by atoms with van der Waals surface area (Å²) in [6, 6.07) is 5.01. The molecule has 1 atom stereocenters. The normalized spacial score (nSPS) is 23.8. The summed E-state index contributed by atoms with van der Waals surface area (Å²) in [7, 11) is 1.58. The molecule has 7 heteroatoms. The number of unbranched alkanes of at least 4 members (excludes halogenated alkanes) is 1. The fourth-order valence-corrected chi connectivity index (χ4v) is 6.06. The van der Waals surface area contributed by atoms with Crippen molar-refractivity contribution in [1.29, 1.82) is 0 Å². The summed E-state index contributed by atoms with van der Waals surface area (Å²) in [6.45, 7) is 4.82. The van der Waals surface area contributed by atoms with E-state index < -0.39 is 5.54 Å². The van der Waals surface area contributed by atoms with Gasteiger partial charge in [-0.15, -0.1) is 0 Å². The smallest absolute Gasteiger partial charge is 0.246 e. The van der Waals surface area contributed by atoms with Gasteiger partial charge in [-0.3, -0.25) is 14.5 Å². The Morgan fingerprint density at radius 3 is 2.53 bits per heavy atom. The minimum absolute atomic E-state index is 0.0379. The highest BCUT2D eigenvalue weighted by atomic mass is 16.5. The summed E-state index contributed by atoms with van der Waals surface area (Å²) < 4.78 is 5.18. The highest BCUT2D eigenvalue weighted by molar-refractivity contribution is 6.00. The Morgan fingerprint density at radius 2 is 1.88 bits per heavy atom. The highest BCUT2D eigenvalue weighted by Gasteiger charge is 2.53. The molecule has 1 unspecified atom stereocenters. The number of likely N-dealkylation sites (tertiary alicyclic amines) is 1. The maximum atomic E-state index is 13.7. The molecule has 1 aliphatic carbocycles. The van der Waals surface area contributed by atoms with Crippen LogP contribution in [0.1, 0.15) is 76.7 Å². The molecule has 7 nitrogen and oxygen atoms in total. The number of hydrogen-bond donors (Lipinski definition) is 2. The molecule has 2 saturated heterocycles. The van der Waals surface area contributed by atoms with Gasteiger partial charge in [-0.2, -0.15) is 0 Å². The minimum Gasteiger partial charge on any atom is -0.507 e. The summed E-state index contributed by atoms with van der Waals surface area (Å²) in [5.41, 5.74) is 0.102. The fourth-order valence-electron chi connectivity index (χ4n) is 6.06. The van der Waals surface area contributed by atoms with Crippen molar-refractivity contribution < 1.29 is 19.4 Å². The van der Waals surface area contributed by atoms with Crippen LogP contribution in [0.4, 0.5) is 0 Å². The van der Waals surface area contributed by atoms with E-state index in [4.69, 9.17) is 4.74 Å². The molecule has 1 aromatic rings. The van der Waals surface area contributed by atoms with Crippen molar-refractivity contribution in [2.24, 2.45) is 5.92 Å². The number of amides is 2. The van der Waals surface area contributed by atoms with Crippen LogP contribution in [0.3, 0.4) is 0 Å². The van der Waals surface area contributed by atoms with E-state index in [0.29, 0.717) is 50.7 Å². The van der Waals surface area contributed by atoms with Crippen LogP contribution in [0, 0.1) is 5.92 Å². The standard InChI is InChI=1S/C27H41N3O4/c1-3-4-14-30-25(32)23(17-20-8-6-5-7-9-20)28-26(33)27(30)12-15-29(16-13-27)19-21-10-11-22(34-2)18-24(21)31/h10-11,18,20,23,31H,3-9,12-17,19H2,1-2H3,(H,28,33). The lowest BCUT2D eigenvalue weighted by atomic mass is 9.79. The zero-order valence-corrected chi connectivity index (χ0v) is 20.9. The number of carbonyl (C=O) groups excluding carboxylic acids is 2. The number of carbonyl (C=O) groups is 2. The number of methoxy groups -OCH3 is 1. The lowest BCUT2D eigenvalue weighted by Crippen LogP contribution is -2.73. The largest absolute Gasteiger partial charge is 0.507 e. The maximum Gasteiger partial charge on any atom is 0.246 e. The molecule has 2 aliphatic heterocycles. The van der Waals surface area contributed by atoms with Gasteiger partial charge in [-0.1, -0.05) is 51.5 Å². The van der Waals surface area contributed by atoms with Crippen molar-refractivity contribution >= 4 is 11.8 Å². The number of phenols is 1. The van der Waals surface area contributed by atoms with Gasteiger partial charge in [0.2, 0.25) is 11.8 Å². The first-order chi connectivity index (χ1) is 16.5. The van der Waals surface area contributed by atoms with Gasteiger partial charge in [0, 0.05) is 37.8 Å². The number of piperidine rings is 1. The summed E-state index contributed by atoms with van der Waals surface area (Å²) in [6.07, 6.45) is 10.1. The molecule has 34 heavy (non-hydrogen) atoms. The Morgan fingerprint density at radius 1 is 1.15 bits per heavy atom. The highest BCUT2D eigenvalue weighted by Crippen LogP contribution is 2.36. The molecule has 0 radical (unpaired) electrons. The van der Waals surface area contributed by atoms with Crippen LogP contribution in [-0.4, -0.2) is 65.0 Å². The van der Waals surface area contributed by atoms with Gasteiger partial charge in [0.1, 0.15) is 23.1 Å². The number of phenolic OH excluding ortho intramolecular Hbond substituents is 1. The number of ether oxygens (including phenoxy) is 1. The second-order valence-corrected chi connectivity index (χ2v) is 10.4. The first-order valence-electron chi connectivity index (χ1n) is 13.2. The Balaban J connectivity index is 1.44. The van der Waals surface area contributed by atoms with Crippen LogP contribution in [0.25, 0.3) is 0 Å². The zero-order valence-electron chi connectivity index (χ0n) is 20.9. The predicted octanol–water partition coefficient (Wildman–Crippen LogP) is 3.83. The topological polar surface area (TPSA) is 82.1 Å². The number of nitrogens with zero attached hydrogens (tertiary/aromatic N) is 2. The van der Waals surface area contributed by atoms with E-state index in [1.54, 1.807) is 13.2 Å². The van der Waals surface area contributed by atoms with Crippen molar-refractivity contribution in [3.63, 3.8) is 0 Å². The van der Waals surface area contributed by atoms with Crippen molar-refractivity contribution in [3.05, 3.63) is 23.8 Å². The monoisotopic (exact) mass is 471 g/mol. The van der Waals surface area contributed by atoms with E-state index in [2.05, 4.69) is 17.1 Å². The molecular formula is C27H41N3O4. The van der Waals surface area contributed by atoms with Gasteiger partial charge >= 0.3 is 0 Å². The van der Waals surface area contributed by atoms with Crippen LogP contribution in [0.15, 0.2) is 18.2 Å². The van der Waals surface area contributed by atoms with Gasteiger partial charge < -0.3 is 20.1 Å². The SMILES string of the molecule is CCCCN1C(=O)C(CC2CCCCC2)NC(=O)C12CCN(Cc1ccc(OC)cc1O)CC2. The second-order valence-electron chi connectivity index (χ2n) is 10.4. The number of piperazine rings is 1. The quantitative estimate of drug-likeness (QED) is 0.602. The minimum atomic E-state index is -0.742. The van der Waals surface area contributed by atoms with Gasteiger partial charge in [0.05, 0.1) is 7.11 Å². The molecule has 3 aliphatic rings. The Kier molecular flexibility index (Phi) is 8.02. The maximum absolute atomic E-state index is 13.7. The first kappa shape index (κ1) is 24.8. The van der Waals surface area contributed by atoms with E-state index >= 15 is 0 Å². The predicted molar refractivity (Wildman–Crippen MR) is 132 cm³/mol. The molecule has 2 heterocycles. The van der Waals surface area contributed by atoms with Crippen LogP contribution in [-0.2, 0) is 16.1 Å². The van der Waals surface area contributed by atoms with Gasteiger partial charge in [-0.05, 0) is 37.7 Å². The molecule has 2 N–H and O–H groups in total. The van der Waals surface area contributed by atoms with Gasteiger partial charge in [0.15, 0.2) is 0 Å². The van der Waals surface area contributed by atoms with Crippen LogP contribution in [0.5, 0.6) is 11.5 Å². The number of nitrogens with one attached hydrogen (secondary N) is 1. The Labute approximate surface area is 203 Å². The average molecular weight is 472 g/mol. The van der Waals surface area contributed by atoms with E-state index in [1.807, 2.05) is 17.0 Å². The zero-order chi connectivity index (χ0) is 24.1. The van der Waals surface area contributed by atoms with E-state index in [0.717, 1.165) is 24.8 Å². The van der Waals surface area contributed by atoms with E-state index in [-0.39, 0.29) is 23.6 Å². The molecule has 4 rings (SSSR count). The van der Waals surface area contributed by atoms with Crippen molar-refractivity contribution in [1.82, 2.24) is 15.1 Å². The van der Waals surface area contributed by atoms with Crippen LogP contribution in [0.2, 0.25) is 0 Å². The summed E-state index contributed by atoms with van der Waals surface area (Å²) >= 11 is 0. The molecule has 0 bridgehead atoms. The van der Waals surface area contributed by atoms with Crippen LogP contribution < -0.4 is 10.1 Å². The Bertz CT molecular complexity index is 859. The summed E-state index contributed by atoms with van der Waals surface area (Å²) in [5.74, 6) is 1.56. The number of rotatable bonds is 8. The number of benzene rings is 1. The number of aromatic hydroxyl groups is 1. The first-order valence-corrected chi connectivity index (χ1v) is 13.2. The third-order valence-electron chi connectivity index (χ3n) is 8.21. The van der Waals surface area contributed by atoms with Gasteiger partial charge in [0.25, 0.3) is 0 Å². The second kappa shape index (κ2) is 11.0. The van der Waals surface area contributed by atoms with Gasteiger partial charge in [-0.25, -0.2) is 0 Å². The molecule has 1 aromatic carbocycles. The molecule has 1 spiro atoms. The number of hydrogen-bond acceptors (Lipinski definition) is 5. The fraction of sp³-hybridized carbons (Fsp3) is 0.704. The van der Waals surface area contributed by atoms with Crippen molar-refractivity contribution in [2.75, 3.05) is 26.7 Å². The molecule has 188 valence electrons. The molecule has 0 aromatic heterocycles. The Hall–Kier alpha value is -2.28.